The number of benzene rings is 2. The van der Waals surface area contributed by atoms with Crippen LogP contribution in [0.15, 0.2) is 48.5 Å². The molecule has 28 heavy (non-hydrogen) atoms. The maximum atomic E-state index is 13.3. The smallest absolute Gasteiger partial charge is 0.337 e. The van der Waals surface area contributed by atoms with Gasteiger partial charge in [0.15, 0.2) is 0 Å². The molecule has 146 valence electrons. The zero-order valence-corrected chi connectivity index (χ0v) is 15.9. The van der Waals surface area contributed by atoms with Gasteiger partial charge >= 0.3 is 5.97 Å². The number of carbonyl (C=O) groups excluding carboxylic acids is 1. The average Bonchev–Trinajstić information content (AvgIpc) is 2.70. The molecular formula is C23H24FNO3. The van der Waals surface area contributed by atoms with E-state index >= 15 is 0 Å². The summed E-state index contributed by atoms with van der Waals surface area (Å²) in [6.07, 6.45) is 7.79. The summed E-state index contributed by atoms with van der Waals surface area (Å²) in [5.74, 6) is -1.79. The monoisotopic (exact) mass is 381 g/mol. The van der Waals surface area contributed by atoms with E-state index in [1.165, 1.54) is 49.8 Å². The third kappa shape index (κ3) is 4.85. The van der Waals surface area contributed by atoms with Crippen molar-refractivity contribution >= 4 is 23.1 Å². The quantitative estimate of drug-likeness (QED) is 0.661. The Bertz CT molecular complexity index is 897. The average molecular weight is 381 g/mol. The second-order valence-electron chi connectivity index (χ2n) is 7.27. The molecule has 0 bridgehead atoms. The van der Waals surface area contributed by atoms with Crippen LogP contribution in [0, 0.1) is 5.82 Å². The fraction of sp³-hybridized carbons (Fsp3) is 0.304. The van der Waals surface area contributed by atoms with Crippen LogP contribution in [0.2, 0.25) is 0 Å². The van der Waals surface area contributed by atoms with E-state index in [-0.39, 0.29) is 11.3 Å². The van der Waals surface area contributed by atoms with Gasteiger partial charge in [-0.3, -0.25) is 4.79 Å². The summed E-state index contributed by atoms with van der Waals surface area (Å²) in [5.41, 5.74) is 2.84. The molecule has 0 spiro atoms. The standard InChI is InChI=1S/C23H24FNO3/c1-15(16-7-9-18(10-8-16)17-5-3-2-4-6-17)13-22(26)25-21-12-11-19(24)14-20(21)23(27)28/h7-14,17H,2-6H2,1H3,(H,25,26)(H,27,28)/b15-13-. The lowest BCUT2D eigenvalue weighted by molar-refractivity contribution is -0.111. The van der Waals surface area contributed by atoms with Crippen molar-refractivity contribution in [3.63, 3.8) is 0 Å². The second kappa shape index (κ2) is 8.83. The summed E-state index contributed by atoms with van der Waals surface area (Å²) in [4.78, 5) is 23.5. The number of aromatic carboxylic acids is 1. The number of hydrogen-bond donors (Lipinski definition) is 2. The van der Waals surface area contributed by atoms with Gasteiger partial charge in [0.05, 0.1) is 11.3 Å². The number of hydrogen-bond acceptors (Lipinski definition) is 2. The third-order valence-electron chi connectivity index (χ3n) is 5.26. The largest absolute Gasteiger partial charge is 0.478 e. The zero-order valence-electron chi connectivity index (χ0n) is 15.9. The summed E-state index contributed by atoms with van der Waals surface area (Å²) in [7, 11) is 0. The van der Waals surface area contributed by atoms with Gasteiger partial charge in [0.1, 0.15) is 5.82 Å². The first kappa shape index (κ1) is 19.8. The molecule has 2 aromatic rings. The fourth-order valence-electron chi connectivity index (χ4n) is 3.71. The first-order valence-corrected chi connectivity index (χ1v) is 9.56. The molecule has 1 aliphatic carbocycles. The predicted molar refractivity (Wildman–Crippen MR) is 108 cm³/mol. The van der Waals surface area contributed by atoms with Crippen LogP contribution in [0.25, 0.3) is 5.57 Å². The molecule has 0 atom stereocenters. The summed E-state index contributed by atoms with van der Waals surface area (Å²) < 4.78 is 13.3. The van der Waals surface area contributed by atoms with E-state index in [2.05, 4.69) is 17.4 Å². The van der Waals surface area contributed by atoms with Crippen molar-refractivity contribution in [3.8, 4) is 0 Å². The lowest BCUT2D eigenvalue weighted by Gasteiger charge is -2.22. The fourth-order valence-corrected chi connectivity index (χ4v) is 3.71. The van der Waals surface area contributed by atoms with E-state index in [1.807, 2.05) is 19.1 Å². The van der Waals surface area contributed by atoms with Gasteiger partial charge < -0.3 is 10.4 Å². The van der Waals surface area contributed by atoms with Gasteiger partial charge in [-0.05, 0) is 60.6 Å². The number of amides is 1. The molecule has 0 heterocycles. The zero-order chi connectivity index (χ0) is 20.1. The summed E-state index contributed by atoms with van der Waals surface area (Å²) >= 11 is 0. The maximum absolute atomic E-state index is 13.3. The minimum atomic E-state index is -1.30. The molecule has 4 nitrogen and oxygen atoms in total. The second-order valence-corrected chi connectivity index (χ2v) is 7.27. The van der Waals surface area contributed by atoms with Crippen molar-refractivity contribution in [1.29, 1.82) is 0 Å². The number of allylic oxidation sites excluding steroid dienone is 1. The number of nitrogens with one attached hydrogen (secondary N) is 1. The van der Waals surface area contributed by atoms with E-state index in [0.29, 0.717) is 5.92 Å². The van der Waals surface area contributed by atoms with Crippen molar-refractivity contribution in [1.82, 2.24) is 0 Å². The Labute approximate surface area is 164 Å². The van der Waals surface area contributed by atoms with Crippen LogP contribution in [0.3, 0.4) is 0 Å². The summed E-state index contributed by atoms with van der Waals surface area (Å²) in [5, 5.41) is 11.7. The van der Waals surface area contributed by atoms with Crippen LogP contribution in [0.5, 0.6) is 0 Å². The highest BCUT2D eigenvalue weighted by Crippen LogP contribution is 2.33. The van der Waals surface area contributed by atoms with E-state index in [1.54, 1.807) is 0 Å². The highest BCUT2D eigenvalue weighted by Gasteiger charge is 2.16. The van der Waals surface area contributed by atoms with Crippen molar-refractivity contribution < 1.29 is 19.1 Å². The first-order chi connectivity index (χ1) is 13.4. The molecule has 1 aliphatic rings. The molecule has 2 N–H and O–H groups in total. The van der Waals surface area contributed by atoms with Crippen LogP contribution < -0.4 is 5.32 Å². The molecular weight excluding hydrogens is 357 g/mol. The third-order valence-corrected chi connectivity index (χ3v) is 5.26. The normalized spacial score (nSPS) is 15.3. The van der Waals surface area contributed by atoms with Gasteiger partial charge in [-0.2, -0.15) is 0 Å². The van der Waals surface area contributed by atoms with Crippen LogP contribution in [-0.2, 0) is 4.79 Å². The Hall–Kier alpha value is -2.95. The molecule has 0 radical (unpaired) electrons. The highest BCUT2D eigenvalue weighted by molar-refractivity contribution is 6.07. The van der Waals surface area contributed by atoms with Crippen LogP contribution in [0.1, 0.15) is 66.4 Å². The Balaban J connectivity index is 1.71. The van der Waals surface area contributed by atoms with Crippen molar-refractivity contribution in [3.05, 3.63) is 71.0 Å². The Morgan fingerprint density at radius 1 is 1.07 bits per heavy atom. The van der Waals surface area contributed by atoms with E-state index in [0.717, 1.165) is 23.3 Å². The molecule has 0 aromatic heterocycles. The number of halogens is 1. The Kier molecular flexibility index (Phi) is 6.24. The maximum Gasteiger partial charge on any atom is 0.337 e. The lowest BCUT2D eigenvalue weighted by atomic mass is 9.84. The highest BCUT2D eigenvalue weighted by atomic mass is 19.1. The predicted octanol–water partition coefficient (Wildman–Crippen LogP) is 5.61. The number of carboxylic acids is 1. The minimum absolute atomic E-state index is 0.0654. The van der Waals surface area contributed by atoms with Crippen LogP contribution >= 0.6 is 0 Å². The first-order valence-electron chi connectivity index (χ1n) is 9.56. The topological polar surface area (TPSA) is 66.4 Å². The van der Waals surface area contributed by atoms with E-state index in [4.69, 9.17) is 5.11 Å². The number of carbonyl (C=O) groups is 2. The molecule has 0 unspecified atom stereocenters. The SMILES string of the molecule is C/C(=C/C(=O)Nc1ccc(F)cc1C(=O)O)c1ccc(C2CCCCC2)cc1. The van der Waals surface area contributed by atoms with E-state index in [9.17, 15) is 14.0 Å². The van der Waals surface area contributed by atoms with Crippen LogP contribution in [-0.4, -0.2) is 17.0 Å². The van der Waals surface area contributed by atoms with Crippen molar-refractivity contribution in [2.24, 2.45) is 0 Å². The molecule has 3 rings (SSSR count). The Morgan fingerprint density at radius 2 is 1.75 bits per heavy atom. The van der Waals surface area contributed by atoms with E-state index < -0.39 is 17.7 Å². The van der Waals surface area contributed by atoms with Gasteiger partial charge in [0.25, 0.3) is 0 Å². The molecule has 0 saturated heterocycles. The number of anilines is 1. The van der Waals surface area contributed by atoms with Crippen molar-refractivity contribution in [2.75, 3.05) is 5.32 Å². The van der Waals surface area contributed by atoms with Gasteiger partial charge in [0.2, 0.25) is 5.91 Å². The molecule has 1 amide bonds. The van der Waals surface area contributed by atoms with Crippen molar-refractivity contribution in [2.45, 2.75) is 44.9 Å². The molecule has 5 heteroatoms. The molecule has 2 aromatic carbocycles. The van der Waals surface area contributed by atoms with Gasteiger partial charge in [-0.25, -0.2) is 9.18 Å². The molecule has 0 aliphatic heterocycles. The molecule has 1 fully saturated rings. The number of rotatable bonds is 5. The van der Waals surface area contributed by atoms with Gasteiger partial charge in [0, 0.05) is 6.08 Å². The number of carboxylic acid groups (broad SMARTS) is 1. The summed E-state index contributed by atoms with van der Waals surface area (Å²) in [6.45, 7) is 1.83. The Morgan fingerprint density at radius 3 is 2.39 bits per heavy atom. The van der Waals surface area contributed by atoms with Crippen LogP contribution in [0.4, 0.5) is 10.1 Å². The molecule has 1 saturated carbocycles. The minimum Gasteiger partial charge on any atom is -0.478 e. The lowest BCUT2D eigenvalue weighted by Crippen LogP contribution is -2.12. The van der Waals surface area contributed by atoms with Gasteiger partial charge in [-0.15, -0.1) is 0 Å². The van der Waals surface area contributed by atoms with Gasteiger partial charge in [-0.1, -0.05) is 43.5 Å². The summed E-state index contributed by atoms with van der Waals surface area (Å²) in [6, 6.07) is 11.5.